The van der Waals surface area contributed by atoms with Crippen molar-refractivity contribution in [1.29, 1.82) is 0 Å². The van der Waals surface area contributed by atoms with Crippen molar-refractivity contribution >= 4 is 27.9 Å². The summed E-state index contributed by atoms with van der Waals surface area (Å²) in [5.41, 5.74) is -0.963. The third-order valence-corrected chi connectivity index (χ3v) is 3.45. The molecular formula is C14H15BrO5. The summed E-state index contributed by atoms with van der Waals surface area (Å²) in [5.74, 6) is -0.939. The molecule has 1 aliphatic heterocycles. The molecule has 20 heavy (non-hydrogen) atoms. The van der Waals surface area contributed by atoms with Crippen LogP contribution in [0.25, 0.3) is 0 Å². The second-order valence-corrected chi connectivity index (χ2v) is 5.21. The maximum atomic E-state index is 12.2. The fourth-order valence-corrected chi connectivity index (χ4v) is 2.49. The maximum absolute atomic E-state index is 12.2. The van der Waals surface area contributed by atoms with Gasteiger partial charge in [-0.2, -0.15) is 0 Å². The molecule has 2 rings (SSSR count). The Kier molecular flexibility index (Phi) is 4.32. The van der Waals surface area contributed by atoms with Crippen molar-refractivity contribution in [2.75, 3.05) is 13.2 Å². The normalized spacial score (nSPS) is 15.2. The van der Waals surface area contributed by atoms with Gasteiger partial charge in [-0.1, -0.05) is 15.9 Å². The summed E-state index contributed by atoms with van der Waals surface area (Å²) in [6.07, 6.45) is 0.111. The van der Waals surface area contributed by atoms with Crippen LogP contribution < -0.4 is 4.74 Å². The molecule has 0 amide bonds. The van der Waals surface area contributed by atoms with Crippen LogP contribution in [-0.2, 0) is 25.5 Å². The molecule has 0 radical (unpaired) electrons. The summed E-state index contributed by atoms with van der Waals surface area (Å²) in [6, 6.07) is 5.31. The Hall–Kier alpha value is -1.56. The molecule has 0 aliphatic carbocycles. The second-order valence-electron chi connectivity index (χ2n) is 4.30. The monoisotopic (exact) mass is 342 g/mol. The number of carbonyl (C=O) groups excluding carboxylic acids is 2. The number of carbonyl (C=O) groups is 2. The molecule has 0 saturated carbocycles. The van der Waals surface area contributed by atoms with E-state index in [1.807, 2.05) is 6.07 Å². The Morgan fingerprint density at radius 2 is 1.85 bits per heavy atom. The van der Waals surface area contributed by atoms with Gasteiger partial charge in [-0.05, 0) is 32.0 Å². The Morgan fingerprint density at radius 3 is 2.40 bits per heavy atom. The number of hydrogen-bond donors (Lipinski definition) is 0. The summed E-state index contributed by atoms with van der Waals surface area (Å²) in [4.78, 5) is 24.4. The minimum absolute atomic E-state index is 0.111. The number of benzene rings is 1. The smallest absolute Gasteiger partial charge is 0.362 e. The van der Waals surface area contributed by atoms with Crippen molar-refractivity contribution in [1.82, 2.24) is 0 Å². The van der Waals surface area contributed by atoms with Gasteiger partial charge in [0, 0.05) is 16.5 Å². The second kappa shape index (κ2) is 5.83. The first kappa shape index (κ1) is 14.8. The lowest BCUT2D eigenvalue weighted by Crippen LogP contribution is -2.53. The van der Waals surface area contributed by atoms with Gasteiger partial charge < -0.3 is 14.2 Å². The van der Waals surface area contributed by atoms with Crippen LogP contribution in [0, 0.1) is 0 Å². The number of halogens is 1. The standard InChI is InChI=1S/C14H15BrO5/c1-3-18-12(16)14(13(17)19-4-2)8-9-7-10(15)5-6-11(9)20-14/h5-7H,3-4,8H2,1-2H3. The fraction of sp³-hybridized carbons (Fsp3) is 0.429. The molecule has 1 aromatic carbocycles. The first-order valence-electron chi connectivity index (χ1n) is 6.35. The van der Waals surface area contributed by atoms with Crippen LogP contribution in [0.3, 0.4) is 0 Å². The van der Waals surface area contributed by atoms with Crippen molar-refractivity contribution in [3.05, 3.63) is 28.2 Å². The van der Waals surface area contributed by atoms with Crippen LogP contribution in [0.15, 0.2) is 22.7 Å². The number of hydrogen-bond acceptors (Lipinski definition) is 5. The van der Waals surface area contributed by atoms with Gasteiger partial charge in [0.05, 0.1) is 13.2 Å². The van der Waals surface area contributed by atoms with Crippen LogP contribution in [0.4, 0.5) is 0 Å². The van der Waals surface area contributed by atoms with Gasteiger partial charge in [0.15, 0.2) is 0 Å². The summed E-state index contributed by atoms with van der Waals surface area (Å²) < 4.78 is 16.4. The predicted octanol–water partition coefficient (Wildman–Crippen LogP) is 2.25. The fourth-order valence-electron chi connectivity index (χ4n) is 2.08. The van der Waals surface area contributed by atoms with Crippen molar-refractivity contribution in [2.24, 2.45) is 0 Å². The summed E-state index contributed by atoms with van der Waals surface area (Å²) in [6.45, 7) is 3.69. The molecule has 1 aliphatic rings. The van der Waals surface area contributed by atoms with Crippen LogP contribution in [-0.4, -0.2) is 30.8 Å². The molecule has 0 aromatic heterocycles. The Labute approximate surface area is 125 Å². The Bertz CT molecular complexity index is 522. The first-order chi connectivity index (χ1) is 9.53. The van der Waals surface area contributed by atoms with Gasteiger partial charge in [-0.3, -0.25) is 0 Å². The Morgan fingerprint density at radius 1 is 1.25 bits per heavy atom. The van der Waals surface area contributed by atoms with Gasteiger partial charge in [-0.25, -0.2) is 9.59 Å². The maximum Gasteiger partial charge on any atom is 0.362 e. The van der Waals surface area contributed by atoms with E-state index in [-0.39, 0.29) is 19.6 Å². The van der Waals surface area contributed by atoms with Crippen LogP contribution in [0.2, 0.25) is 0 Å². The lowest BCUT2D eigenvalue weighted by Gasteiger charge is -2.23. The van der Waals surface area contributed by atoms with Gasteiger partial charge in [0.25, 0.3) is 0 Å². The SMILES string of the molecule is CCOC(=O)C1(C(=O)OCC)Cc2cc(Br)ccc2O1. The minimum Gasteiger partial charge on any atom is -0.463 e. The summed E-state index contributed by atoms with van der Waals surface area (Å²) in [5, 5.41) is 0. The van der Waals surface area contributed by atoms with E-state index in [0.29, 0.717) is 5.75 Å². The topological polar surface area (TPSA) is 61.8 Å². The lowest BCUT2D eigenvalue weighted by atomic mass is 9.97. The van der Waals surface area contributed by atoms with Crippen molar-refractivity contribution < 1.29 is 23.8 Å². The summed E-state index contributed by atoms with van der Waals surface area (Å²) in [7, 11) is 0. The molecule has 0 unspecified atom stereocenters. The molecule has 0 bridgehead atoms. The minimum atomic E-state index is -1.73. The van der Waals surface area contributed by atoms with Crippen molar-refractivity contribution in [3.63, 3.8) is 0 Å². The number of fused-ring (bicyclic) bond motifs is 1. The molecule has 5 nitrogen and oxygen atoms in total. The Balaban J connectivity index is 2.37. The molecule has 0 N–H and O–H groups in total. The van der Waals surface area contributed by atoms with Gasteiger partial charge in [-0.15, -0.1) is 0 Å². The van der Waals surface area contributed by atoms with E-state index in [2.05, 4.69) is 15.9 Å². The van der Waals surface area contributed by atoms with E-state index >= 15 is 0 Å². The average Bonchev–Trinajstić information content (AvgIpc) is 2.79. The summed E-state index contributed by atoms with van der Waals surface area (Å²) >= 11 is 3.35. The van der Waals surface area contributed by atoms with Gasteiger partial charge >= 0.3 is 17.5 Å². The number of esters is 2. The predicted molar refractivity (Wildman–Crippen MR) is 74.5 cm³/mol. The first-order valence-corrected chi connectivity index (χ1v) is 7.14. The van der Waals surface area contributed by atoms with E-state index in [9.17, 15) is 9.59 Å². The third-order valence-electron chi connectivity index (χ3n) is 2.96. The quantitative estimate of drug-likeness (QED) is 0.620. The highest BCUT2D eigenvalue weighted by molar-refractivity contribution is 9.10. The van der Waals surface area contributed by atoms with E-state index in [1.54, 1.807) is 26.0 Å². The zero-order valence-electron chi connectivity index (χ0n) is 11.3. The highest BCUT2D eigenvalue weighted by Gasteiger charge is 2.55. The molecule has 0 fully saturated rings. The van der Waals surface area contributed by atoms with Crippen LogP contribution in [0.5, 0.6) is 5.75 Å². The molecule has 1 aromatic rings. The van der Waals surface area contributed by atoms with Crippen molar-refractivity contribution in [2.45, 2.75) is 25.9 Å². The van der Waals surface area contributed by atoms with Gasteiger partial charge in [0.1, 0.15) is 5.75 Å². The molecule has 108 valence electrons. The van der Waals surface area contributed by atoms with Gasteiger partial charge in [0.2, 0.25) is 0 Å². The number of rotatable bonds is 4. The molecular weight excluding hydrogens is 328 g/mol. The van der Waals surface area contributed by atoms with Crippen LogP contribution in [0.1, 0.15) is 19.4 Å². The zero-order valence-corrected chi connectivity index (χ0v) is 12.9. The molecule has 0 spiro atoms. The number of ether oxygens (including phenoxy) is 3. The highest BCUT2D eigenvalue weighted by atomic mass is 79.9. The zero-order chi connectivity index (χ0) is 14.8. The third kappa shape index (κ3) is 2.52. The lowest BCUT2D eigenvalue weighted by molar-refractivity contribution is -0.177. The highest BCUT2D eigenvalue weighted by Crippen LogP contribution is 2.38. The van der Waals surface area contributed by atoms with Crippen molar-refractivity contribution in [3.8, 4) is 5.75 Å². The van der Waals surface area contributed by atoms with E-state index < -0.39 is 17.5 Å². The van der Waals surface area contributed by atoms with E-state index in [4.69, 9.17) is 14.2 Å². The molecule has 1 heterocycles. The molecule has 0 saturated heterocycles. The largest absolute Gasteiger partial charge is 0.463 e. The van der Waals surface area contributed by atoms with Crippen LogP contribution >= 0.6 is 15.9 Å². The molecule has 0 atom stereocenters. The van der Waals surface area contributed by atoms with E-state index in [0.717, 1.165) is 10.0 Å². The van der Waals surface area contributed by atoms with E-state index in [1.165, 1.54) is 0 Å². The molecule has 6 heteroatoms. The average molecular weight is 343 g/mol.